The quantitative estimate of drug-likeness (QED) is 0.341. The van der Waals surface area contributed by atoms with Gasteiger partial charge >= 0.3 is 5.97 Å². The van der Waals surface area contributed by atoms with E-state index in [1.54, 1.807) is 30.0 Å². The molecule has 0 saturated carbocycles. The second kappa shape index (κ2) is 7.62. The van der Waals surface area contributed by atoms with Gasteiger partial charge in [-0.3, -0.25) is 4.90 Å². The fraction of sp³-hybridized carbons (Fsp3) is 0.105. The summed E-state index contributed by atoms with van der Waals surface area (Å²) in [6, 6.07) is 9.28. The predicted molar refractivity (Wildman–Crippen MR) is 120 cm³/mol. The first-order valence-electron chi connectivity index (χ1n) is 8.56. The Labute approximate surface area is 191 Å². The molecule has 2 heterocycles. The van der Waals surface area contributed by atoms with Crippen LogP contribution in [0.2, 0.25) is 15.1 Å². The lowest BCUT2D eigenvalue weighted by Crippen LogP contribution is -2.21. The summed E-state index contributed by atoms with van der Waals surface area (Å²) in [6.45, 7) is 1.78. The normalized spacial score (nSPS) is 14.2. The molecule has 0 spiro atoms. The Bertz CT molecular complexity index is 1310. The number of esters is 1. The number of hydrogen-bond acceptors (Lipinski definition) is 7. The van der Waals surface area contributed by atoms with Gasteiger partial charge in [0.05, 0.1) is 32.9 Å². The Hall–Kier alpha value is -1.97. The van der Waals surface area contributed by atoms with Crippen LogP contribution in [0.1, 0.15) is 16.6 Å². The molecule has 1 aliphatic heterocycles. The lowest BCUT2D eigenvalue weighted by molar-refractivity contribution is 0.0533. The zero-order valence-electron chi connectivity index (χ0n) is 15.3. The van der Waals surface area contributed by atoms with E-state index in [4.69, 9.17) is 45.3 Å². The molecule has 156 valence electrons. The first kappa shape index (κ1) is 21.3. The highest BCUT2D eigenvalue weighted by Gasteiger charge is 2.41. The van der Waals surface area contributed by atoms with Gasteiger partial charge in [0.1, 0.15) is 14.8 Å². The minimum absolute atomic E-state index is 0.00498. The summed E-state index contributed by atoms with van der Waals surface area (Å²) in [7, 11) is -4.02. The van der Waals surface area contributed by atoms with E-state index in [0.717, 1.165) is 11.3 Å². The van der Waals surface area contributed by atoms with Crippen LogP contribution in [0.3, 0.4) is 0 Å². The van der Waals surface area contributed by atoms with Crippen LogP contribution in [-0.2, 0) is 14.6 Å². The Kier molecular flexibility index (Phi) is 5.40. The molecule has 1 aromatic heterocycles. The van der Waals surface area contributed by atoms with Crippen LogP contribution in [0.5, 0.6) is 0 Å². The van der Waals surface area contributed by atoms with Crippen molar-refractivity contribution in [1.82, 2.24) is 0 Å². The molecule has 0 unspecified atom stereocenters. The number of halogens is 3. The SMILES string of the molecule is CCOC(=O)c1sc2c(c1N)S(=O)(=O)c1ccc(Cl)cc1N2c1ccc(Cl)c(Cl)c1. The number of nitrogens with zero attached hydrogens (tertiary/aromatic N) is 1. The van der Waals surface area contributed by atoms with E-state index in [1.165, 1.54) is 18.2 Å². The molecule has 0 aliphatic carbocycles. The number of ether oxygens (including phenoxy) is 1. The van der Waals surface area contributed by atoms with Gasteiger partial charge in [0.2, 0.25) is 9.84 Å². The van der Waals surface area contributed by atoms with Gasteiger partial charge in [-0.1, -0.05) is 34.8 Å². The van der Waals surface area contributed by atoms with Gasteiger partial charge in [0.15, 0.2) is 0 Å². The zero-order chi connectivity index (χ0) is 21.8. The van der Waals surface area contributed by atoms with Crippen molar-refractivity contribution in [3.63, 3.8) is 0 Å². The maximum Gasteiger partial charge on any atom is 0.350 e. The summed E-state index contributed by atoms with van der Waals surface area (Å²) in [5, 5.41) is 1.20. The Morgan fingerprint density at radius 2 is 1.87 bits per heavy atom. The third-order valence-electron chi connectivity index (χ3n) is 4.43. The van der Waals surface area contributed by atoms with E-state index in [9.17, 15) is 13.2 Å². The molecule has 0 saturated heterocycles. The molecule has 0 radical (unpaired) electrons. The Balaban J connectivity index is 2.07. The van der Waals surface area contributed by atoms with Crippen LogP contribution in [0.25, 0.3) is 0 Å². The van der Waals surface area contributed by atoms with Crippen molar-refractivity contribution >= 4 is 84.0 Å². The van der Waals surface area contributed by atoms with E-state index in [2.05, 4.69) is 0 Å². The predicted octanol–water partition coefficient (Wildman–Crippen LogP) is 6.08. The molecule has 2 aromatic carbocycles. The van der Waals surface area contributed by atoms with Gasteiger partial charge < -0.3 is 10.5 Å². The summed E-state index contributed by atoms with van der Waals surface area (Å²) in [6.07, 6.45) is 0. The smallest absolute Gasteiger partial charge is 0.350 e. The molecule has 0 atom stereocenters. The maximum atomic E-state index is 13.4. The van der Waals surface area contributed by atoms with Crippen molar-refractivity contribution in [1.29, 1.82) is 0 Å². The summed E-state index contributed by atoms with van der Waals surface area (Å²) in [5.74, 6) is -0.694. The first-order chi connectivity index (χ1) is 14.2. The van der Waals surface area contributed by atoms with E-state index in [-0.39, 0.29) is 37.0 Å². The number of benzene rings is 2. The molecule has 30 heavy (non-hydrogen) atoms. The number of nitrogen functional groups attached to an aromatic ring is 1. The molecule has 0 bridgehead atoms. The van der Waals surface area contributed by atoms with Gasteiger partial charge in [0.25, 0.3) is 0 Å². The van der Waals surface area contributed by atoms with Crippen molar-refractivity contribution in [2.24, 2.45) is 0 Å². The molecule has 4 rings (SSSR count). The lowest BCUT2D eigenvalue weighted by atomic mass is 10.2. The highest BCUT2D eigenvalue weighted by molar-refractivity contribution is 7.92. The van der Waals surface area contributed by atoms with Crippen molar-refractivity contribution in [3.8, 4) is 0 Å². The molecule has 2 N–H and O–H groups in total. The molecule has 1 aliphatic rings. The number of sulfone groups is 1. The van der Waals surface area contributed by atoms with E-state index >= 15 is 0 Å². The average molecular weight is 504 g/mol. The number of nitrogens with two attached hydrogens (primary N) is 1. The number of thiophene rings is 1. The monoisotopic (exact) mass is 502 g/mol. The van der Waals surface area contributed by atoms with Crippen molar-refractivity contribution in [2.75, 3.05) is 17.2 Å². The molecule has 3 aromatic rings. The molecule has 0 amide bonds. The highest BCUT2D eigenvalue weighted by atomic mass is 35.5. The van der Waals surface area contributed by atoms with Crippen LogP contribution in [0.15, 0.2) is 46.2 Å². The summed E-state index contributed by atoms with van der Waals surface area (Å²) in [5.41, 5.74) is 6.83. The summed E-state index contributed by atoms with van der Waals surface area (Å²) < 4.78 is 31.8. The summed E-state index contributed by atoms with van der Waals surface area (Å²) >= 11 is 19.3. The van der Waals surface area contributed by atoms with E-state index < -0.39 is 15.8 Å². The number of hydrogen-bond donors (Lipinski definition) is 1. The average Bonchev–Trinajstić information content (AvgIpc) is 3.02. The van der Waals surface area contributed by atoms with Gasteiger partial charge in [-0.25, -0.2) is 13.2 Å². The van der Waals surface area contributed by atoms with Crippen LogP contribution in [0, 0.1) is 0 Å². The van der Waals surface area contributed by atoms with Crippen LogP contribution < -0.4 is 10.6 Å². The number of carbonyl (C=O) groups is 1. The zero-order valence-corrected chi connectivity index (χ0v) is 19.2. The Morgan fingerprint density at radius 3 is 2.53 bits per heavy atom. The first-order valence-corrected chi connectivity index (χ1v) is 12.0. The van der Waals surface area contributed by atoms with E-state index in [1.807, 2.05) is 0 Å². The van der Waals surface area contributed by atoms with Crippen LogP contribution in [-0.4, -0.2) is 21.0 Å². The summed E-state index contributed by atoms with van der Waals surface area (Å²) in [4.78, 5) is 13.9. The molecule has 0 fully saturated rings. The van der Waals surface area contributed by atoms with Crippen LogP contribution in [0.4, 0.5) is 22.1 Å². The van der Waals surface area contributed by atoms with Crippen molar-refractivity contribution < 1.29 is 17.9 Å². The third kappa shape index (κ3) is 3.23. The fourth-order valence-electron chi connectivity index (χ4n) is 3.16. The van der Waals surface area contributed by atoms with Crippen molar-refractivity contribution in [2.45, 2.75) is 16.7 Å². The van der Waals surface area contributed by atoms with Gasteiger partial charge in [-0.15, -0.1) is 11.3 Å². The Morgan fingerprint density at radius 1 is 1.13 bits per heavy atom. The van der Waals surface area contributed by atoms with Crippen LogP contribution >= 0.6 is 46.1 Å². The molecular formula is C19H13Cl3N2O4S2. The largest absolute Gasteiger partial charge is 0.462 e. The second-order valence-electron chi connectivity index (χ2n) is 6.25. The van der Waals surface area contributed by atoms with Crippen molar-refractivity contribution in [3.05, 3.63) is 56.3 Å². The number of carbonyl (C=O) groups excluding carboxylic acids is 1. The number of anilines is 4. The standard InChI is InChI=1S/C19H13Cl3N2O4S2/c1-2-28-19(25)16-15(23)17-18(29-16)24(10-4-5-11(21)12(22)8-10)13-7-9(20)3-6-14(13)30(17,26)27/h3-8H,2,23H2,1H3. The van der Waals surface area contributed by atoms with Gasteiger partial charge in [0, 0.05) is 10.7 Å². The minimum Gasteiger partial charge on any atom is -0.462 e. The topological polar surface area (TPSA) is 89.7 Å². The lowest BCUT2D eigenvalue weighted by Gasteiger charge is -2.31. The highest BCUT2D eigenvalue weighted by Crippen LogP contribution is 2.55. The fourth-order valence-corrected chi connectivity index (χ4v) is 6.79. The second-order valence-corrected chi connectivity index (χ2v) is 10.4. The minimum atomic E-state index is -4.02. The van der Waals surface area contributed by atoms with Gasteiger partial charge in [-0.2, -0.15) is 0 Å². The van der Waals surface area contributed by atoms with E-state index in [0.29, 0.717) is 21.4 Å². The number of fused-ring (bicyclic) bond motifs is 2. The molecule has 11 heteroatoms. The molecular weight excluding hydrogens is 491 g/mol. The maximum absolute atomic E-state index is 13.4. The van der Waals surface area contributed by atoms with Gasteiger partial charge in [-0.05, 0) is 43.3 Å². The third-order valence-corrected chi connectivity index (χ3v) is 8.58. The number of rotatable bonds is 3. The molecule has 6 nitrogen and oxygen atoms in total.